The topological polar surface area (TPSA) is 66.7 Å². The number of alkyl halides is 1. The average Bonchev–Trinajstić information content (AvgIpc) is 2.53. The lowest BCUT2D eigenvalue weighted by atomic mass is 10.2. The molecule has 114 valence electrons. The van der Waals surface area contributed by atoms with Crippen LogP contribution in [0.2, 0.25) is 0 Å². The number of rotatable bonds is 4. The second-order valence-electron chi connectivity index (χ2n) is 4.97. The third-order valence-electron chi connectivity index (χ3n) is 3.62. The number of nitrogens with zero attached hydrogens (tertiary/aromatic N) is 3. The van der Waals surface area contributed by atoms with Gasteiger partial charge in [0.1, 0.15) is 0 Å². The van der Waals surface area contributed by atoms with Crippen molar-refractivity contribution in [3.63, 3.8) is 0 Å². The molecule has 1 unspecified atom stereocenters. The summed E-state index contributed by atoms with van der Waals surface area (Å²) in [4.78, 5) is 26.3. The van der Waals surface area contributed by atoms with E-state index in [9.17, 15) is 14.9 Å². The Bertz CT molecular complexity index is 530. The van der Waals surface area contributed by atoms with Crippen LogP contribution >= 0.6 is 15.9 Å². The molecule has 0 aromatic heterocycles. The van der Waals surface area contributed by atoms with Gasteiger partial charge in [0.05, 0.1) is 9.75 Å². The number of carbonyl (C=O) groups excluding carboxylic acids is 1. The number of benzene rings is 1. The molecule has 2 rings (SSSR count). The minimum atomic E-state index is -0.389. The summed E-state index contributed by atoms with van der Waals surface area (Å²) in [7, 11) is 0. The van der Waals surface area contributed by atoms with Gasteiger partial charge in [0.15, 0.2) is 0 Å². The van der Waals surface area contributed by atoms with Gasteiger partial charge in [-0.25, -0.2) is 0 Å². The third-order valence-corrected chi connectivity index (χ3v) is 4.66. The van der Waals surface area contributed by atoms with Crippen LogP contribution in [0.25, 0.3) is 0 Å². The van der Waals surface area contributed by atoms with Crippen molar-refractivity contribution < 1.29 is 9.72 Å². The van der Waals surface area contributed by atoms with Crippen molar-refractivity contribution in [2.24, 2.45) is 0 Å². The molecular weight excluding hydrogens is 338 g/mol. The number of halogens is 1. The van der Waals surface area contributed by atoms with Crippen LogP contribution in [0.4, 0.5) is 11.4 Å². The molecule has 1 amide bonds. The van der Waals surface area contributed by atoms with E-state index in [1.807, 2.05) is 17.9 Å². The van der Waals surface area contributed by atoms with E-state index in [2.05, 4.69) is 20.8 Å². The molecule has 1 aromatic rings. The van der Waals surface area contributed by atoms with Crippen molar-refractivity contribution in [1.82, 2.24) is 4.90 Å². The van der Waals surface area contributed by atoms with Gasteiger partial charge in [0.25, 0.3) is 5.69 Å². The fraction of sp³-hybridized carbons (Fsp3) is 0.500. The number of piperazine rings is 1. The zero-order valence-corrected chi connectivity index (χ0v) is 13.5. The van der Waals surface area contributed by atoms with Gasteiger partial charge in [-0.3, -0.25) is 14.9 Å². The molecule has 0 aliphatic carbocycles. The SMILES string of the molecule is CCC(Br)C(=O)N1CCN(c2cccc([N+](=O)[O-])c2)CC1. The van der Waals surface area contributed by atoms with Crippen LogP contribution in [0.1, 0.15) is 13.3 Å². The molecule has 1 aliphatic rings. The quantitative estimate of drug-likeness (QED) is 0.472. The van der Waals surface area contributed by atoms with E-state index in [4.69, 9.17) is 0 Å². The maximum atomic E-state index is 12.1. The molecule has 0 radical (unpaired) electrons. The Morgan fingerprint density at radius 2 is 2.05 bits per heavy atom. The highest BCUT2D eigenvalue weighted by molar-refractivity contribution is 9.10. The van der Waals surface area contributed by atoms with Crippen molar-refractivity contribution in [2.45, 2.75) is 18.2 Å². The Kier molecular flexibility index (Phi) is 5.17. The van der Waals surface area contributed by atoms with Crippen molar-refractivity contribution in [3.8, 4) is 0 Å². The number of hydrogen-bond acceptors (Lipinski definition) is 4. The molecule has 0 bridgehead atoms. The smallest absolute Gasteiger partial charge is 0.271 e. The van der Waals surface area contributed by atoms with Crippen molar-refractivity contribution in [2.75, 3.05) is 31.1 Å². The standard InChI is InChI=1S/C14H18BrN3O3/c1-2-13(15)14(19)17-8-6-16(7-9-17)11-4-3-5-12(10-11)18(20)21/h3-5,10,13H,2,6-9H2,1H3. The Morgan fingerprint density at radius 1 is 1.38 bits per heavy atom. The van der Waals surface area contributed by atoms with Gasteiger partial charge in [-0.1, -0.05) is 28.9 Å². The molecule has 0 saturated carbocycles. The summed E-state index contributed by atoms with van der Waals surface area (Å²) in [6.07, 6.45) is 0.768. The number of nitro groups is 1. The third kappa shape index (κ3) is 3.72. The highest BCUT2D eigenvalue weighted by Gasteiger charge is 2.25. The Balaban J connectivity index is 1.99. The van der Waals surface area contributed by atoms with E-state index in [1.54, 1.807) is 12.1 Å². The molecular formula is C14H18BrN3O3. The lowest BCUT2D eigenvalue weighted by Gasteiger charge is -2.36. The first kappa shape index (κ1) is 15.8. The molecule has 6 nitrogen and oxygen atoms in total. The van der Waals surface area contributed by atoms with Crippen LogP contribution in [0.3, 0.4) is 0 Å². The Hall–Kier alpha value is -1.63. The minimum absolute atomic E-state index is 0.0949. The van der Waals surface area contributed by atoms with Crippen LogP contribution in [0.5, 0.6) is 0 Å². The molecule has 1 saturated heterocycles. The Labute approximate surface area is 132 Å². The summed E-state index contributed by atoms with van der Waals surface area (Å²) >= 11 is 3.38. The Morgan fingerprint density at radius 3 is 2.62 bits per heavy atom. The van der Waals surface area contributed by atoms with Gasteiger partial charge in [0, 0.05) is 44.0 Å². The predicted octanol–water partition coefficient (Wildman–Crippen LogP) is 2.42. The number of amides is 1. The average molecular weight is 356 g/mol. The first-order chi connectivity index (χ1) is 10.0. The molecule has 1 aromatic carbocycles. The molecule has 1 heterocycles. The van der Waals surface area contributed by atoms with Crippen LogP contribution in [-0.4, -0.2) is 46.7 Å². The lowest BCUT2D eigenvalue weighted by Crippen LogP contribution is -2.50. The molecule has 1 aliphatic heterocycles. The van der Waals surface area contributed by atoms with Gasteiger partial charge in [0.2, 0.25) is 5.91 Å². The number of carbonyl (C=O) groups is 1. The molecule has 21 heavy (non-hydrogen) atoms. The van der Waals surface area contributed by atoms with Gasteiger partial charge in [-0.2, -0.15) is 0 Å². The van der Waals surface area contributed by atoms with Crippen LogP contribution in [0, 0.1) is 10.1 Å². The van der Waals surface area contributed by atoms with Gasteiger partial charge in [-0.05, 0) is 12.5 Å². The summed E-state index contributed by atoms with van der Waals surface area (Å²) < 4.78 is 0. The summed E-state index contributed by atoms with van der Waals surface area (Å²) in [6, 6.07) is 6.62. The van der Waals surface area contributed by atoms with E-state index in [0.717, 1.165) is 12.1 Å². The largest absolute Gasteiger partial charge is 0.368 e. The summed E-state index contributed by atoms with van der Waals surface area (Å²) in [5, 5.41) is 10.8. The predicted molar refractivity (Wildman–Crippen MR) is 84.9 cm³/mol. The number of anilines is 1. The van der Waals surface area contributed by atoms with Gasteiger partial charge in [-0.15, -0.1) is 0 Å². The van der Waals surface area contributed by atoms with Gasteiger partial charge < -0.3 is 9.80 Å². The second-order valence-corrected chi connectivity index (χ2v) is 6.07. The molecule has 0 spiro atoms. The van der Waals surface area contributed by atoms with Crippen LogP contribution < -0.4 is 4.90 Å². The zero-order chi connectivity index (χ0) is 15.4. The lowest BCUT2D eigenvalue weighted by molar-refractivity contribution is -0.384. The first-order valence-corrected chi connectivity index (χ1v) is 7.86. The molecule has 1 fully saturated rings. The number of hydrogen-bond donors (Lipinski definition) is 0. The molecule has 7 heteroatoms. The fourth-order valence-corrected chi connectivity index (χ4v) is 2.65. The number of nitro benzene ring substituents is 1. The fourth-order valence-electron chi connectivity index (χ4n) is 2.36. The van der Waals surface area contributed by atoms with Crippen LogP contribution in [0.15, 0.2) is 24.3 Å². The molecule has 1 atom stereocenters. The van der Waals surface area contributed by atoms with E-state index in [1.165, 1.54) is 6.07 Å². The van der Waals surface area contributed by atoms with Crippen molar-refractivity contribution in [1.29, 1.82) is 0 Å². The monoisotopic (exact) mass is 355 g/mol. The van der Waals surface area contributed by atoms with Gasteiger partial charge >= 0.3 is 0 Å². The highest BCUT2D eigenvalue weighted by Crippen LogP contribution is 2.22. The highest BCUT2D eigenvalue weighted by atomic mass is 79.9. The molecule has 0 N–H and O–H groups in total. The van der Waals surface area contributed by atoms with E-state index >= 15 is 0 Å². The van der Waals surface area contributed by atoms with E-state index in [0.29, 0.717) is 26.2 Å². The first-order valence-electron chi connectivity index (χ1n) is 6.95. The minimum Gasteiger partial charge on any atom is -0.368 e. The summed E-state index contributed by atoms with van der Waals surface area (Å²) in [5.74, 6) is 0.121. The van der Waals surface area contributed by atoms with E-state index in [-0.39, 0.29) is 21.3 Å². The van der Waals surface area contributed by atoms with Crippen LogP contribution in [-0.2, 0) is 4.79 Å². The zero-order valence-electron chi connectivity index (χ0n) is 11.9. The normalized spacial score (nSPS) is 16.7. The number of non-ortho nitro benzene ring substituents is 1. The second kappa shape index (κ2) is 6.89. The summed E-state index contributed by atoms with van der Waals surface area (Å²) in [5.41, 5.74) is 0.930. The van der Waals surface area contributed by atoms with Crippen molar-refractivity contribution >= 4 is 33.2 Å². The summed E-state index contributed by atoms with van der Waals surface area (Å²) in [6.45, 7) is 4.64. The maximum absolute atomic E-state index is 12.1. The van der Waals surface area contributed by atoms with E-state index < -0.39 is 0 Å². The van der Waals surface area contributed by atoms with Crippen molar-refractivity contribution in [3.05, 3.63) is 34.4 Å². The maximum Gasteiger partial charge on any atom is 0.271 e.